The lowest BCUT2D eigenvalue weighted by atomic mass is 9.96. The molecule has 0 unspecified atom stereocenters. The highest BCUT2D eigenvalue weighted by Gasteiger charge is 2.19. The van der Waals surface area contributed by atoms with Crippen LogP contribution in [0.3, 0.4) is 0 Å². The first-order valence-electron chi connectivity index (χ1n) is 10.7. The minimum absolute atomic E-state index is 0.194. The number of hydrogen-bond acceptors (Lipinski definition) is 3. The molecule has 3 aromatic carbocycles. The van der Waals surface area contributed by atoms with Crippen LogP contribution in [0.2, 0.25) is 5.02 Å². The number of amides is 1. The van der Waals surface area contributed by atoms with E-state index in [9.17, 15) is 4.79 Å². The molecule has 0 bridgehead atoms. The fourth-order valence-corrected chi connectivity index (χ4v) is 4.12. The van der Waals surface area contributed by atoms with Gasteiger partial charge in [-0.05, 0) is 80.3 Å². The summed E-state index contributed by atoms with van der Waals surface area (Å²) < 4.78 is 11.6. The Morgan fingerprint density at radius 3 is 2.42 bits per heavy atom. The number of rotatable bonds is 5. The van der Waals surface area contributed by atoms with E-state index in [1.54, 1.807) is 19.4 Å². The largest absolute Gasteiger partial charge is 0.496 e. The standard InChI is InChI=1S/C28H26ClNO3/c1-16-6-11-22(12-17(16)2)30-26(31)13-18(3)23-14-24-25(20-7-9-21(29)10-8-20)15-33-28(24)19(4)27(23)32-5/h6-15H,1-5H3,(H,30,31)/b18-13+. The molecule has 0 spiro atoms. The van der Waals surface area contributed by atoms with Crippen molar-refractivity contribution in [3.05, 3.63) is 88.1 Å². The highest BCUT2D eigenvalue weighted by molar-refractivity contribution is 6.30. The Hall–Kier alpha value is -3.50. The molecule has 0 radical (unpaired) electrons. The van der Waals surface area contributed by atoms with E-state index in [-0.39, 0.29) is 5.91 Å². The third-order valence-electron chi connectivity index (χ3n) is 5.95. The average Bonchev–Trinajstić information content (AvgIpc) is 3.21. The van der Waals surface area contributed by atoms with Crippen molar-refractivity contribution in [3.8, 4) is 16.9 Å². The molecule has 4 rings (SSSR count). The first-order valence-corrected chi connectivity index (χ1v) is 11.1. The van der Waals surface area contributed by atoms with E-state index in [1.165, 1.54) is 5.56 Å². The number of benzene rings is 3. The summed E-state index contributed by atoms with van der Waals surface area (Å²) in [4.78, 5) is 12.8. The summed E-state index contributed by atoms with van der Waals surface area (Å²) in [6.07, 6.45) is 3.34. The minimum Gasteiger partial charge on any atom is -0.496 e. The topological polar surface area (TPSA) is 51.5 Å². The van der Waals surface area contributed by atoms with Gasteiger partial charge in [-0.25, -0.2) is 0 Å². The number of carbonyl (C=O) groups is 1. The van der Waals surface area contributed by atoms with E-state index in [2.05, 4.69) is 5.32 Å². The Morgan fingerprint density at radius 1 is 1.03 bits per heavy atom. The van der Waals surface area contributed by atoms with Gasteiger partial charge in [-0.1, -0.05) is 29.8 Å². The molecule has 4 nitrogen and oxygen atoms in total. The molecule has 1 aromatic heterocycles. The van der Waals surface area contributed by atoms with E-state index in [0.29, 0.717) is 10.8 Å². The zero-order chi connectivity index (χ0) is 23.7. The van der Waals surface area contributed by atoms with Gasteiger partial charge in [0.1, 0.15) is 11.3 Å². The van der Waals surface area contributed by atoms with Gasteiger partial charge in [0, 0.05) is 38.9 Å². The second-order valence-electron chi connectivity index (χ2n) is 8.23. The quantitative estimate of drug-likeness (QED) is 0.310. The van der Waals surface area contributed by atoms with E-state index < -0.39 is 0 Å². The molecule has 1 amide bonds. The number of hydrogen-bond donors (Lipinski definition) is 1. The molecule has 0 fully saturated rings. The Kier molecular flexibility index (Phi) is 6.30. The summed E-state index contributed by atoms with van der Waals surface area (Å²) in [5, 5.41) is 4.58. The summed E-state index contributed by atoms with van der Waals surface area (Å²) in [5.74, 6) is 0.493. The van der Waals surface area contributed by atoms with Crippen LogP contribution in [-0.2, 0) is 4.79 Å². The predicted octanol–water partition coefficient (Wildman–Crippen LogP) is 7.73. The van der Waals surface area contributed by atoms with Gasteiger partial charge in [-0.3, -0.25) is 4.79 Å². The Balaban J connectivity index is 1.74. The van der Waals surface area contributed by atoms with Crippen LogP contribution in [0.1, 0.15) is 29.2 Å². The van der Waals surface area contributed by atoms with Crippen LogP contribution in [0.4, 0.5) is 5.69 Å². The van der Waals surface area contributed by atoms with Crippen LogP contribution < -0.4 is 10.1 Å². The number of methoxy groups -OCH3 is 1. The van der Waals surface area contributed by atoms with Crippen LogP contribution in [0.25, 0.3) is 27.7 Å². The highest BCUT2D eigenvalue weighted by atomic mass is 35.5. The van der Waals surface area contributed by atoms with Crippen molar-refractivity contribution in [2.75, 3.05) is 12.4 Å². The molecule has 4 aromatic rings. The van der Waals surface area contributed by atoms with E-state index in [1.807, 2.05) is 76.2 Å². The molecule has 168 valence electrons. The third kappa shape index (κ3) is 4.53. The lowest BCUT2D eigenvalue weighted by molar-refractivity contribution is -0.111. The molecular weight excluding hydrogens is 434 g/mol. The molecule has 0 aliphatic heterocycles. The van der Waals surface area contributed by atoms with Gasteiger partial charge in [0.2, 0.25) is 5.91 Å². The maximum Gasteiger partial charge on any atom is 0.248 e. The third-order valence-corrected chi connectivity index (χ3v) is 6.20. The number of fused-ring (bicyclic) bond motifs is 1. The second kappa shape index (κ2) is 9.16. The van der Waals surface area contributed by atoms with Crippen LogP contribution >= 0.6 is 11.6 Å². The van der Waals surface area contributed by atoms with Crippen LogP contribution in [-0.4, -0.2) is 13.0 Å². The van der Waals surface area contributed by atoms with Gasteiger partial charge in [-0.2, -0.15) is 0 Å². The summed E-state index contributed by atoms with van der Waals surface area (Å²) in [6, 6.07) is 15.5. The number of halogens is 1. The van der Waals surface area contributed by atoms with Gasteiger partial charge < -0.3 is 14.5 Å². The summed E-state index contributed by atoms with van der Waals surface area (Å²) in [5.41, 5.74) is 8.32. The SMILES string of the molecule is COc1c(/C(C)=C/C(=O)Nc2ccc(C)c(C)c2)cc2c(-c3ccc(Cl)cc3)coc2c1C. The maximum atomic E-state index is 12.8. The number of furan rings is 1. The van der Waals surface area contributed by atoms with Crippen molar-refractivity contribution in [2.24, 2.45) is 0 Å². The zero-order valence-corrected chi connectivity index (χ0v) is 20.1. The molecule has 0 aliphatic rings. The van der Waals surface area contributed by atoms with Crippen molar-refractivity contribution in [3.63, 3.8) is 0 Å². The number of aryl methyl sites for hydroxylation is 3. The van der Waals surface area contributed by atoms with Crippen molar-refractivity contribution >= 4 is 39.7 Å². The molecule has 0 atom stereocenters. The van der Waals surface area contributed by atoms with E-state index in [0.717, 1.165) is 50.0 Å². The molecule has 0 saturated carbocycles. The van der Waals surface area contributed by atoms with E-state index >= 15 is 0 Å². The lowest BCUT2D eigenvalue weighted by Gasteiger charge is -2.13. The second-order valence-corrected chi connectivity index (χ2v) is 8.67. The smallest absolute Gasteiger partial charge is 0.248 e. The van der Waals surface area contributed by atoms with Crippen molar-refractivity contribution in [2.45, 2.75) is 27.7 Å². The Labute approximate surface area is 198 Å². The number of allylic oxidation sites excluding steroid dienone is 1. The van der Waals surface area contributed by atoms with Gasteiger partial charge in [0.05, 0.1) is 13.4 Å². The van der Waals surface area contributed by atoms with Gasteiger partial charge >= 0.3 is 0 Å². The van der Waals surface area contributed by atoms with Crippen LogP contribution in [0.15, 0.2) is 65.3 Å². The van der Waals surface area contributed by atoms with Crippen molar-refractivity contribution < 1.29 is 13.9 Å². The van der Waals surface area contributed by atoms with Gasteiger partial charge in [-0.15, -0.1) is 0 Å². The average molecular weight is 460 g/mol. The molecular formula is C28H26ClNO3. The van der Waals surface area contributed by atoms with Crippen LogP contribution in [0.5, 0.6) is 5.75 Å². The normalized spacial score (nSPS) is 11.6. The maximum absolute atomic E-state index is 12.8. The lowest BCUT2D eigenvalue weighted by Crippen LogP contribution is -2.09. The fraction of sp³-hybridized carbons (Fsp3) is 0.179. The number of anilines is 1. The van der Waals surface area contributed by atoms with Crippen molar-refractivity contribution in [1.82, 2.24) is 0 Å². The van der Waals surface area contributed by atoms with Crippen LogP contribution in [0, 0.1) is 20.8 Å². The first-order chi connectivity index (χ1) is 15.8. The first kappa shape index (κ1) is 22.7. The summed E-state index contributed by atoms with van der Waals surface area (Å²) >= 11 is 6.06. The summed E-state index contributed by atoms with van der Waals surface area (Å²) in [7, 11) is 1.63. The number of ether oxygens (including phenoxy) is 1. The van der Waals surface area contributed by atoms with Gasteiger partial charge in [0.15, 0.2) is 0 Å². The molecule has 1 heterocycles. The monoisotopic (exact) mass is 459 g/mol. The Morgan fingerprint density at radius 2 is 1.76 bits per heavy atom. The molecule has 0 aliphatic carbocycles. The fourth-order valence-electron chi connectivity index (χ4n) is 4.00. The highest BCUT2D eigenvalue weighted by Crippen LogP contribution is 2.40. The van der Waals surface area contributed by atoms with E-state index in [4.69, 9.17) is 20.8 Å². The molecule has 5 heteroatoms. The predicted molar refractivity (Wildman–Crippen MR) is 136 cm³/mol. The zero-order valence-electron chi connectivity index (χ0n) is 19.4. The number of nitrogens with one attached hydrogen (secondary N) is 1. The number of carbonyl (C=O) groups excluding carboxylic acids is 1. The molecule has 0 saturated heterocycles. The molecule has 33 heavy (non-hydrogen) atoms. The minimum atomic E-state index is -0.194. The van der Waals surface area contributed by atoms with Crippen molar-refractivity contribution in [1.29, 1.82) is 0 Å². The molecule has 1 N–H and O–H groups in total. The van der Waals surface area contributed by atoms with Gasteiger partial charge in [0.25, 0.3) is 0 Å². The summed E-state index contributed by atoms with van der Waals surface area (Å²) in [6.45, 7) is 7.94. The Bertz CT molecular complexity index is 1380.